The van der Waals surface area contributed by atoms with Crippen LogP contribution in [-0.4, -0.2) is 19.4 Å². The van der Waals surface area contributed by atoms with Crippen LogP contribution in [0.2, 0.25) is 0 Å². The van der Waals surface area contributed by atoms with Crippen molar-refractivity contribution in [3.8, 4) is 0 Å². The highest BCUT2D eigenvalue weighted by atomic mass is 31.2. The molecule has 1 heterocycles. The Hall–Kier alpha value is 0.190. The molecule has 0 aromatic rings. The molecule has 1 rings (SSSR count). The lowest BCUT2D eigenvalue weighted by Crippen LogP contribution is -2.11. The summed E-state index contributed by atoms with van der Waals surface area (Å²) in [7, 11) is -0.565. The molecule has 2 nitrogen and oxygen atoms in total. The molecule has 10 heavy (non-hydrogen) atoms. The lowest BCUT2D eigenvalue weighted by molar-refractivity contribution is 0.370. The van der Waals surface area contributed by atoms with Gasteiger partial charge in [-0.25, -0.2) is 0 Å². The molecule has 0 saturated carbocycles. The van der Waals surface area contributed by atoms with E-state index in [9.17, 15) is 4.57 Å². The largest absolute Gasteiger partial charge is 0.332 e. The van der Waals surface area contributed by atoms with Crippen molar-refractivity contribution in [2.45, 2.75) is 19.8 Å². The predicted molar refractivity (Wildman–Crippen MR) is 42.7 cm³/mol. The van der Waals surface area contributed by atoms with Crippen molar-refractivity contribution >= 4 is 7.37 Å². The minimum atomic E-state index is -2.13. The van der Waals surface area contributed by atoms with Crippen molar-refractivity contribution < 1.29 is 9.09 Å². The van der Waals surface area contributed by atoms with Crippen molar-refractivity contribution in [2.24, 2.45) is 5.92 Å². The molecule has 0 aromatic carbocycles. The van der Waals surface area contributed by atoms with Gasteiger partial charge in [-0.3, -0.25) is 4.57 Å². The minimum absolute atomic E-state index is 0.747. The van der Waals surface area contributed by atoms with Crippen LogP contribution in [0.5, 0.6) is 0 Å². The zero-order valence-electron chi connectivity index (χ0n) is 6.67. The molecule has 1 aliphatic rings. The van der Waals surface area contributed by atoms with E-state index in [1.165, 1.54) is 0 Å². The Labute approximate surface area is 62.4 Å². The molecule has 0 radical (unpaired) electrons. The van der Waals surface area contributed by atoms with Crippen molar-refractivity contribution in [1.29, 1.82) is 0 Å². The van der Waals surface area contributed by atoms with E-state index in [0.29, 0.717) is 0 Å². The van der Waals surface area contributed by atoms with Gasteiger partial charge in [0.25, 0.3) is 0 Å². The SMILES string of the molecule is COP1(=O)CCC(C)CC1. The third-order valence-electron chi connectivity index (χ3n) is 2.26. The summed E-state index contributed by atoms with van der Waals surface area (Å²) in [6.07, 6.45) is 3.74. The van der Waals surface area contributed by atoms with Gasteiger partial charge >= 0.3 is 0 Å². The number of hydrogen-bond donors (Lipinski definition) is 0. The smallest absolute Gasteiger partial charge is 0.202 e. The van der Waals surface area contributed by atoms with Gasteiger partial charge < -0.3 is 4.52 Å². The Balaban J connectivity index is 2.46. The van der Waals surface area contributed by atoms with Crippen molar-refractivity contribution in [3.05, 3.63) is 0 Å². The zero-order valence-corrected chi connectivity index (χ0v) is 7.56. The summed E-state index contributed by atoms with van der Waals surface area (Å²) < 4.78 is 16.5. The molecule has 0 amide bonds. The molecular weight excluding hydrogens is 147 g/mol. The number of rotatable bonds is 1. The molecule has 0 bridgehead atoms. The third kappa shape index (κ3) is 1.83. The Morgan fingerprint density at radius 2 is 1.90 bits per heavy atom. The topological polar surface area (TPSA) is 26.3 Å². The van der Waals surface area contributed by atoms with Crippen LogP contribution in [0.15, 0.2) is 0 Å². The molecule has 1 saturated heterocycles. The monoisotopic (exact) mass is 162 g/mol. The van der Waals surface area contributed by atoms with Gasteiger partial charge in [0.2, 0.25) is 7.37 Å². The average molecular weight is 162 g/mol. The predicted octanol–water partition coefficient (Wildman–Crippen LogP) is 2.34. The summed E-state index contributed by atoms with van der Waals surface area (Å²) in [5.74, 6) is 0.747. The third-order valence-corrected chi connectivity index (χ3v) is 4.80. The first-order valence-corrected chi connectivity index (χ1v) is 5.79. The van der Waals surface area contributed by atoms with Gasteiger partial charge in [0.1, 0.15) is 0 Å². The van der Waals surface area contributed by atoms with Crippen LogP contribution >= 0.6 is 7.37 Å². The quantitative estimate of drug-likeness (QED) is 0.553. The molecule has 3 heteroatoms. The summed E-state index contributed by atoms with van der Waals surface area (Å²) in [6, 6.07) is 0. The van der Waals surface area contributed by atoms with Gasteiger partial charge in [0, 0.05) is 19.4 Å². The Kier molecular flexibility index (Phi) is 2.54. The van der Waals surface area contributed by atoms with Crippen molar-refractivity contribution in [2.75, 3.05) is 19.4 Å². The molecule has 1 fully saturated rings. The maximum absolute atomic E-state index is 11.5. The molecule has 0 unspecified atom stereocenters. The van der Waals surface area contributed by atoms with Gasteiger partial charge in [0.15, 0.2) is 0 Å². The van der Waals surface area contributed by atoms with E-state index in [1.807, 2.05) is 0 Å². The maximum atomic E-state index is 11.5. The van der Waals surface area contributed by atoms with Gasteiger partial charge in [0.05, 0.1) is 0 Å². The van der Waals surface area contributed by atoms with E-state index >= 15 is 0 Å². The van der Waals surface area contributed by atoms with Crippen molar-refractivity contribution in [3.63, 3.8) is 0 Å². The second kappa shape index (κ2) is 3.06. The second-order valence-corrected chi connectivity index (χ2v) is 6.02. The molecule has 0 aliphatic carbocycles. The highest BCUT2D eigenvalue weighted by Gasteiger charge is 2.27. The Bertz CT molecular complexity index is 144. The van der Waals surface area contributed by atoms with E-state index in [0.717, 1.165) is 31.1 Å². The van der Waals surface area contributed by atoms with E-state index < -0.39 is 7.37 Å². The van der Waals surface area contributed by atoms with Gasteiger partial charge in [-0.1, -0.05) is 6.92 Å². The first-order chi connectivity index (χ1) is 4.66. The van der Waals surface area contributed by atoms with Crippen molar-refractivity contribution in [1.82, 2.24) is 0 Å². The summed E-state index contributed by atoms with van der Waals surface area (Å²) in [4.78, 5) is 0. The van der Waals surface area contributed by atoms with E-state index in [2.05, 4.69) is 6.92 Å². The highest BCUT2D eigenvalue weighted by Crippen LogP contribution is 2.51. The zero-order chi connectivity index (χ0) is 7.61. The minimum Gasteiger partial charge on any atom is -0.332 e. The van der Waals surface area contributed by atoms with E-state index in [1.54, 1.807) is 7.11 Å². The first kappa shape index (κ1) is 8.29. The summed E-state index contributed by atoms with van der Waals surface area (Å²) in [5, 5.41) is 0. The normalized spacial score (nSPS) is 41.6. The fourth-order valence-electron chi connectivity index (χ4n) is 1.27. The molecule has 1 aliphatic heterocycles. The van der Waals surface area contributed by atoms with Crippen LogP contribution in [0.4, 0.5) is 0 Å². The first-order valence-electron chi connectivity index (χ1n) is 3.80. The van der Waals surface area contributed by atoms with Gasteiger partial charge in [-0.15, -0.1) is 0 Å². The maximum Gasteiger partial charge on any atom is 0.202 e. The van der Waals surface area contributed by atoms with Crippen LogP contribution in [-0.2, 0) is 9.09 Å². The summed E-state index contributed by atoms with van der Waals surface area (Å²) >= 11 is 0. The Morgan fingerprint density at radius 1 is 1.40 bits per heavy atom. The fourth-order valence-corrected chi connectivity index (χ4v) is 3.53. The second-order valence-electron chi connectivity index (χ2n) is 3.13. The summed E-state index contributed by atoms with van der Waals surface area (Å²) in [6.45, 7) is 2.21. The van der Waals surface area contributed by atoms with E-state index in [4.69, 9.17) is 4.52 Å². The number of hydrogen-bond acceptors (Lipinski definition) is 2. The standard InChI is InChI=1S/C7H15O2P/c1-7-3-5-10(8,9-2)6-4-7/h7H,3-6H2,1-2H3. The lowest BCUT2D eigenvalue weighted by atomic mass is 10.1. The van der Waals surface area contributed by atoms with E-state index in [-0.39, 0.29) is 0 Å². The lowest BCUT2D eigenvalue weighted by Gasteiger charge is -2.24. The molecular formula is C7H15O2P. The summed E-state index contributed by atoms with van der Waals surface area (Å²) in [5.41, 5.74) is 0. The molecule has 0 N–H and O–H groups in total. The Morgan fingerprint density at radius 3 is 2.30 bits per heavy atom. The highest BCUT2D eigenvalue weighted by molar-refractivity contribution is 7.59. The molecule has 60 valence electrons. The van der Waals surface area contributed by atoms with Crippen LogP contribution < -0.4 is 0 Å². The van der Waals surface area contributed by atoms with Crippen LogP contribution in [0.1, 0.15) is 19.8 Å². The van der Waals surface area contributed by atoms with Crippen LogP contribution in [0.25, 0.3) is 0 Å². The molecule has 0 atom stereocenters. The average Bonchev–Trinajstić information content (AvgIpc) is 1.96. The van der Waals surface area contributed by atoms with Crippen LogP contribution in [0.3, 0.4) is 0 Å². The van der Waals surface area contributed by atoms with Gasteiger partial charge in [-0.2, -0.15) is 0 Å². The molecule has 0 spiro atoms. The molecule has 0 aromatic heterocycles. The van der Waals surface area contributed by atoms with Crippen LogP contribution in [0, 0.1) is 5.92 Å². The fraction of sp³-hybridized carbons (Fsp3) is 1.00. The van der Waals surface area contributed by atoms with Gasteiger partial charge in [-0.05, 0) is 18.8 Å².